The van der Waals surface area contributed by atoms with Crippen LogP contribution in [0.5, 0.6) is 5.75 Å². The van der Waals surface area contributed by atoms with E-state index in [1.54, 1.807) is 7.11 Å². The monoisotopic (exact) mass is 289 g/mol. The molecular formula is C17H23NOS. The van der Waals surface area contributed by atoms with Crippen LogP contribution in [0.3, 0.4) is 0 Å². The number of nitrogens with one attached hydrogen (secondary N) is 1. The van der Waals surface area contributed by atoms with E-state index in [1.807, 2.05) is 11.3 Å². The first-order valence-electron chi connectivity index (χ1n) is 7.15. The maximum atomic E-state index is 5.44. The van der Waals surface area contributed by atoms with Gasteiger partial charge in [-0.3, -0.25) is 0 Å². The van der Waals surface area contributed by atoms with E-state index in [4.69, 9.17) is 4.74 Å². The molecule has 108 valence electrons. The van der Waals surface area contributed by atoms with Gasteiger partial charge in [0.2, 0.25) is 0 Å². The molecule has 0 saturated heterocycles. The van der Waals surface area contributed by atoms with Crippen molar-refractivity contribution in [1.82, 2.24) is 5.32 Å². The molecule has 2 aromatic rings. The average Bonchev–Trinajstić information content (AvgIpc) is 2.97. The first-order valence-corrected chi connectivity index (χ1v) is 8.03. The van der Waals surface area contributed by atoms with Crippen molar-refractivity contribution in [1.29, 1.82) is 0 Å². The molecule has 0 aliphatic heterocycles. The van der Waals surface area contributed by atoms with Gasteiger partial charge in [0.15, 0.2) is 0 Å². The Morgan fingerprint density at radius 2 is 2.15 bits per heavy atom. The maximum absolute atomic E-state index is 5.44. The third kappa shape index (κ3) is 3.84. The minimum atomic E-state index is 0.386. The van der Waals surface area contributed by atoms with Crippen molar-refractivity contribution in [3.05, 3.63) is 51.7 Å². The lowest BCUT2D eigenvalue weighted by molar-refractivity contribution is 0.409. The summed E-state index contributed by atoms with van der Waals surface area (Å²) >= 11 is 1.84. The van der Waals surface area contributed by atoms with Gasteiger partial charge in [-0.2, -0.15) is 0 Å². The number of hydrogen-bond acceptors (Lipinski definition) is 3. The minimum Gasteiger partial charge on any atom is -0.496 e. The normalized spacial score (nSPS) is 12.3. The fourth-order valence-corrected chi connectivity index (χ4v) is 3.15. The zero-order chi connectivity index (χ0) is 14.4. The molecular weight excluding hydrogens is 266 g/mol. The molecule has 0 spiro atoms. The van der Waals surface area contributed by atoms with Crippen molar-refractivity contribution in [3.8, 4) is 5.75 Å². The van der Waals surface area contributed by atoms with Crippen LogP contribution < -0.4 is 10.1 Å². The summed E-state index contributed by atoms with van der Waals surface area (Å²) in [5.74, 6) is 0.974. The molecule has 0 amide bonds. The van der Waals surface area contributed by atoms with E-state index >= 15 is 0 Å². The lowest BCUT2D eigenvalue weighted by Crippen LogP contribution is -2.21. The van der Waals surface area contributed by atoms with E-state index < -0.39 is 0 Å². The molecule has 3 heteroatoms. The Hall–Kier alpha value is -1.32. The number of aryl methyl sites for hydroxylation is 2. The second-order valence-corrected chi connectivity index (χ2v) is 5.99. The van der Waals surface area contributed by atoms with E-state index in [0.29, 0.717) is 6.04 Å². The minimum absolute atomic E-state index is 0.386. The Morgan fingerprint density at radius 3 is 2.80 bits per heavy atom. The first kappa shape index (κ1) is 15.1. The van der Waals surface area contributed by atoms with Crippen molar-refractivity contribution in [2.75, 3.05) is 13.7 Å². The highest BCUT2D eigenvalue weighted by Gasteiger charge is 2.12. The maximum Gasteiger partial charge on any atom is 0.122 e. The van der Waals surface area contributed by atoms with Crippen molar-refractivity contribution in [2.45, 2.75) is 32.7 Å². The summed E-state index contributed by atoms with van der Waals surface area (Å²) in [6.45, 7) is 5.21. The fraction of sp³-hybridized carbons (Fsp3) is 0.412. The second kappa shape index (κ2) is 7.46. The smallest absolute Gasteiger partial charge is 0.122 e. The van der Waals surface area contributed by atoms with E-state index in [2.05, 4.69) is 54.9 Å². The summed E-state index contributed by atoms with van der Waals surface area (Å²) in [7, 11) is 1.74. The number of benzene rings is 1. The van der Waals surface area contributed by atoms with Crippen molar-refractivity contribution in [2.24, 2.45) is 0 Å². The standard InChI is InChI=1S/C17H23NOS/c1-4-18-16(10-9-15-6-5-11-20-15)14-8-7-13(2)17(12-14)19-3/h5-8,11-12,16,18H,4,9-10H2,1-3H3. The van der Waals surface area contributed by atoms with Crippen molar-refractivity contribution < 1.29 is 4.74 Å². The molecule has 0 fully saturated rings. The SMILES string of the molecule is CCNC(CCc1cccs1)c1ccc(C)c(OC)c1. The van der Waals surface area contributed by atoms with Gasteiger partial charge in [-0.15, -0.1) is 11.3 Å². The van der Waals surface area contributed by atoms with E-state index in [-0.39, 0.29) is 0 Å². The van der Waals surface area contributed by atoms with Crippen LogP contribution in [0.25, 0.3) is 0 Å². The number of hydrogen-bond donors (Lipinski definition) is 1. The van der Waals surface area contributed by atoms with Gasteiger partial charge in [-0.05, 0) is 54.9 Å². The highest BCUT2D eigenvalue weighted by molar-refractivity contribution is 7.09. The predicted molar refractivity (Wildman–Crippen MR) is 86.8 cm³/mol. The average molecular weight is 289 g/mol. The Morgan fingerprint density at radius 1 is 1.30 bits per heavy atom. The van der Waals surface area contributed by atoms with Gasteiger partial charge in [-0.25, -0.2) is 0 Å². The molecule has 1 heterocycles. The van der Waals surface area contributed by atoms with Crippen LogP contribution in [0, 0.1) is 6.92 Å². The third-order valence-electron chi connectivity index (χ3n) is 3.54. The summed E-state index contributed by atoms with van der Waals surface area (Å²) in [4.78, 5) is 1.45. The molecule has 0 aliphatic carbocycles. The number of ether oxygens (including phenoxy) is 1. The molecule has 0 aliphatic rings. The highest BCUT2D eigenvalue weighted by Crippen LogP contribution is 2.26. The van der Waals surface area contributed by atoms with Gasteiger partial charge in [0.25, 0.3) is 0 Å². The molecule has 1 N–H and O–H groups in total. The zero-order valence-electron chi connectivity index (χ0n) is 12.5. The Labute approximate surface area is 125 Å². The molecule has 1 aromatic heterocycles. The third-order valence-corrected chi connectivity index (χ3v) is 4.48. The summed E-state index contributed by atoms with van der Waals surface area (Å²) in [6.07, 6.45) is 2.23. The molecule has 2 rings (SSSR count). The highest BCUT2D eigenvalue weighted by atomic mass is 32.1. The summed E-state index contributed by atoms with van der Waals surface area (Å²) in [5, 5.41) is 5.73. The zero-order valence-corrected chi connectivity index (χ0v) is 13.3. The van der Waals surface area contributed by atoms with Crippen LogP contribution in [0.2, 0.25) is 0 Å². The van der Waals surface area contributed by atoms with Gasteiger partial charge in [0, 0.05) is 10.9 Å². The van der Waals surface area contributed by atoms with Gasteiger partial charge < -0.3 is 10.1 Å². The molecule has 20 heavy (non-hydrogen) atoms. The number of methoxy groups -OCH3 is 1. The lowest BCUT2D eigenvalue weighted by atomic mass is 9.99. The van der Waals surface area contributed by atoms with Crippen LogP contribution in [0.1, 0.15) is 35.4 Å². The van der Waals surface area contributed by atoms with Gasteiger partial charge >= 0.3 is 0 Å². The van der Waals surface area contributed by atoms with E-state index in [0.717, 1.165) is 25.1 Å². The first-order chi connectivity index (χ1) is 9.74. The number of thiophene rings is 1. The molecule has 1 aromatic carbocycles. The van der Waals surface area contributed by atoms with Gasteiger partial charge in [-0.1, -0.05) is 25.1 Å². The molecule has 0 saturated carbocycles. The molecule has 1 unspecified atom stereocenters. The van der Waals surface area contributed by atoms with E-state index in [1.165, 1.54) is 16.0 Å². The lowest BCUT2D eigenvalue weighted by Gasteiger charge is -2.19. The fourth-order valence-electron chi connectivity index (χ4n) is 2.43. The Bertz CT molecular complexity index is 522. The Kier molecular flexibility index (Phi) is 5.62. The molecule has 2 nitrogen and oxygen atoms in total. The predicted octanol–water partition coefficient (Wildman–Crippen LogP) is 4.35. The molecule has 1 atom stereocenters. The number of rotatable bonds is 7. The molecule has 0 bridgehead atoms. The van der Waals surface area contributed by atoms with Crippen LogP contribution in [-0.4, -0.2) is 13.7 Å². The molecule has 0 radical (unpaired) electrons. The van der Waals surface area contributed by atoms with Crippen LogP contribution in [0.15, 0.2) is 35.7 Å². The van der Waals surface area contributed by atoms with Crippen molar-refractivity contribution >= 4 is 11.3 Å². The second-order valence-electron chi connectivity index (χ2n) is 4.96. The largest absolute Gasteiger partial charge is 0.496 e. The van der Waals surface area contributed by atoms with Gasteiger partial charge in [0.05, 0.1) is 7.11 Å². The van der Waals surface area contributed by atoms with Crippen LogP contribution in [-0.2, 0) is 6.42 Å². The van der Waals surface area contributed by atoms with Crippen molar-refractivity contribution in [3.63, 3.8) is 0 Å². The van der Waals surface area contributed by atoms with E-state index in [9.17, 15) is 0 Å². The summed E-state index contributed by atoms with van der Waals surface area (Å²) < 4.78 is 5.44. The summed E-state index contributed by atoms with van der Waals surface area (Å²) in [6, 6.07) is 11.2. The van der Waals surface area contributed by atoms with Gasteiger partial charge in [0.1, 0.15) is 5.75 Å². The quantitative estimate of drug-likeness (QED) is 0.818. The van der Waals surface area contributed by atoms with Crippen LogP contribution in [0.4, 0.5) is 0 Å². The Balaban J connectivity index is 2.10. The summed E-state index contributed by atoms with van der Waals surface area (Å²) in [5.41, 5.74) is 2.50. The topological polar surface area (TPSA) is 21.3 Å². The van der Waals surface area contributed by atoms with Crippen LogP contribution >= 0.6 is 11.3 Å².